The maximum absolute atomic E-state index is 11.3. The van der Waals surface area contributed by atoms with Gasteiger partial charge >= 0.3 is 0 Å². The van der Waals surface area contributed by atoms with Crippen LogP contribution in [0.1, 0.15) is 42.5 Å². The highest BCUT2D eigenvalue weighted by Gasteiger charge is 2.18. The number of amides is 1. The van der Waals surface area contributed by atoms with Gasteiger partial charge in [0, 0.05) is 11.1 Å². The van der Waals surface area contributed by atoms with Gasteiger partial charge in [-0.15, -0.1) is 0 Å². The molecule has 2 aromatic heterocycles. The zero-order valence-electron chi connectivity index (χ0n) is 17.5. The molecule has 2 heterocycles. The molecule has 0 radical (unpaired) electrons. The Morgan fingerprint density at radius 1 is 0.938 bits per heavy atom. The molecular formula is C25H23ClN4O2. The molecule has 1 amide bonds. The lowest BCUT2D eigenvalue weighted by molar-refractivity contribution is 0.100. The van der Waals surface area contributed by atoms with E-state index in [4.69, 9.17) is 22.1 Å². The van der Waals surface area contributed by atoms with Crippen molar-refractivity contribution in [1.29, 1.82) is 0 Å². The zero-order valence-corrected chi connectivity index (χ0v) is 18.2. The van der Waals surface area contributed by atoms with E-state index in [0.29, 0.717) is 27.9 Å². The molecule has 4 aromatic rings. The molecule has 0 unspecified atom stereocenters. The van der Waals surface area contributed by atoms with Gasteiger partial charge < -0.3 is 15.5 Å². The lowest BCUT2D eigenvalue weighted by Gasteiger charge is -2.21. The monoisotopic (exact) mass is 446 g/mol. The second kappa shape index (κ2) is 8.63. The van der Waals surface area contributed by atoms with Crippen molar-refractivity contribution in [3.05, 3.63) is 65.2 Å². The topological polar surface area (TPSA) is 93.9 Å². The Morgan fingerprint density at radius 2 is 1.56 bits per heavy atom. The molecule has 1 aliphatic carbocycles. The Morgan fingerprint density at radius 3 is 2.22 bits per heavy atom. The first-order valence-electron chi connectivity index (χ1n) is 10.8. The molecule has 0 saturated heterocycles. The number of pyridine rings is 1. The number of nitrogens with two attached hydrogens (primary N) is 1. The number of imidazole rings is 1. The highest BCUT2D eigenvalue weighted by molar-refractivity contribution is 6.33. The van der Waals surface area contributed by atoms with Crippen molar-refractivity contribution in [2.24, 2.45) is 5.73 Å². The summed E-state index contributed by atoms with van der Waals surface area (Å²) in [5.74, 6) is -0.436. The number of ether oxygens (including phenoxy) is 1. The molecule has 162 valence electrons. The van der Waals surface area contributed by atoms with Gasteiger partial charge in [0.1, 0.15) is 6.10 Å². The lowest BCUT2D eigenvalue weighted by Crippen LogP contribution is -2.20. The molecule has 0 aliphatic heterocycles. The van der Waals surface area contributed by atoms with E-state index < -0.39 is 5.91 Å². The van der Waals surface area contributed by atoms with Crippen molar-refractivity contribution in [3.63, 3.8) is 0 Å². The SMILES string of the molecule is NC(=O)c1ccc(-c2ccc(-c3nc4nc(OC5CCCCC5)[nH]c4cc3Cl)cc2)cc1. The van der Waals surface area contributed by atoms with Gasteiger partial charge in [-0.1, -0.05) is 54.4 Å². The van der Waals surface area contributed by atoms with Crippen molar-refractivity contribution < 1.29 is 9.53 Å². The van der Waals surface area contributed by atoms with E-state index in [1.165, 1.54) is 19.3 Å². The minimum atomic E-state index is -0.436. The van der Waals surface area contributed by atoms with Crippen LogP contribution in [-0.4, -0.2) is 27.0 Å². The van der Waals surface area contributed by atoms with Gasteiger partial charge in [0.15, 0.2) is 5.65 Å². The molecule has 0 atom stereocenters. The van der Waals surface area contributed by atoms with Gasteiger partial charge in [0.05, 0.1) is 16.2 Å². The van der Waals surface area contributed by atoms with E-state index in [1.54, 1.807) is 12.1 Å². The molecule has 1 aliphatic rings. The van der Waals surface area contributed by atoms with Gasteiger partial charge in [-0.05, 0) is 55.0 Å². The summed E-state index contributed by atoms with van der Waals surface area (Å²) in [6.45, 7) is 0. The number of carbonyl (C=O) groups is 1. The molecule has 32 heavy (non-hydrogen) atoms. The molecule has 0 spiro atoms. The second-order valence-electron chi connectivity index (χ2n) is 8.13. The highest BCUT2D eigenvalue weighted by Crippen LogP contribution is 2.32. The fraction of sp³-hybridized carbons (Fsp3) is 0.240. The standard InChI is InChI=1S/C25H23ClN4O2/c26-20-14-21-24(30-25(28-21)32-19-4-2-1-3-5-19)29-22(20)17-10-6-15(7-11-17)16-8-12-18(13-9-16)23(27)31/h6-14,19H,1-5H2,(H2,27,31)(H,28,29,30). The van der Waals surface area contributed by atoms with Gasteiger partial charge in [0.2, 0.25) is 5.91 Å². The molecule has 2 aromatic carbocycles. The Balaban J connectivity index is 1.39. The minimum Gasteiger partial charge on any atom is -0.461 e. The number of hydrogen-bond donors (Lipinski definition) is 2. The molecule has 6 nitrogen and oxygen atoms in total. The highest BCUT2D eigenvalue weighted by atomic mass is 35.5. The van der Waals surface area contributed by atoms with Crippen LogP contribution in [0.25, 0.3) is 33.5 Å². The van der Waals surface area contributed by atoms with Crippen molar-refractivity contribution in [3.8, 4) is 28.4 Å². The number of fused-ring (bicyclic) bond motifs is 1. The van der Waals surface area contributed by atoms with Crippen LogP contribution in [0, 0.1) is 0 Å². The number of halogens is 1. The van der Waals surface area contributed by atoms with E-state index in [2.05, 4.69) is 15.0 Å². The zero-order chi connectivity index (χ0) is 22.1. The van der Waals surface area contributed by atoms with Crippen molar-refractivity contribution in [1.82, 2.24) is 15.0 Å². The quantitative estimate of drug-likeness (QED) is 0.407. The summed E-state index contributed by atoms with van der Waals surface area (Å²) >= 11 is 6.55. The Hall–Kier alpha value is -3.38. The number of hydrogen-bond acceptors (Lipinski definition) is 4. The summed E-state index contributed by atoms with van der Waals surface area (Å²) in [4.78, 5) is 23.7. The predicted octanol–water partition coefficient (Wildman–Crippen LogP) is 5.76. The number of carbonyl (C=O) groups excluding carboxylic acids is 1. The van der Waals surface area contributed by atoms with Gasteiger partial charge in [-0.3, -0.25) is 4.79 Å². The summed E-state index contributed by atoms with van der Waals surface area (Å²) in [7, 11) is 0. The van der Waals surface area contributed by atoms with Gasteiger partial charge in [-0.2, -0.15) is 4.98 Å². The molecule has 7 heteroatoms. The number of nitrogens with zero attached hydrogens (tertiary/aromatic N) is 2. The maximum Gasteiger partial charge on any atom is 0.296 e. The fourth-order valence-electron chi connectivity index (χ4n) is 4.14. The molecule has 5 rings (SSSR count). The van der Waals surface area contributed by atoms with Crippen molar-refractivity contribution in [2.45, 2.75) is 38.2 Å². The maximum atomic E-state index is 11.3. The third-order valence-corrected chi connectivity index (χ3v) is 6.18. The average molecular weight is 447 g/mol. The third kappa shape index (κ3) is 4.18. The normalized spacial score (nSPS) is 14.5. The number of primary amides is 1. The van der Waals surface area contributed by atoms with Crippen LogP contribution in [0.5, 0.6) is 6.01 Å². The van der Waals surface area contributed by atoms with Gasteiger partial charge in [-0.25, -0.2) is 4.98 Å². The van der Waals surface area contributed by atoms with E-state index in [-0.39, 0.29) is 6.10 Å². The Labute approximate surface area is 190 Å². The van der Waals surface area contributed by atoms with Crippen LogP contribution in [0.2, 0.25) is 5.02 Å². The summed E-state index contributed by atoms with van der Waals surface area (Å²) < 4.78 is 6.03. The van der Waals surface area contributed by atoms with Crippen LogP contribution in [0.4, 0.5) is 0 Å². The fourth-order valence-corrected chi connectivity index (χ4v) is 4.40. The van der Waals surface area contributed by atoms with E-state index in [0.717, 1.165) is 35.0 Å². The number of rotatable bonds is 5. The smallest absolute Gasteiger partial charge is 0.296 e. The van der Waals surface area contributed by atoms with Crippen LogP contribution in [0.3, 0.4) is 0 Å². The van der Waals surface area contributed by atoms with Gasteiger partial charge in [0.25, 0.3) is 6.01 Å². The molecule has 0 bridgehead atoms. The first-order chi connectivity index (χ1) is 15.6. The number of nitrogens with one attached hydrogen (secondary N) is 1. The van der Waals surface area contributed by atoms with Crippen LogP contribution in [-0.2, 0) is 0 Å². The summed E-state index contributed by atoms with van der Waals surface area (Å²) in [5.41, 5.74) is 10.7. The molecule has 1 saturated carbocycles. The summed E-state index contributed by atoms with van der Waals surface area (Å²) in [6, 6.07) is 17.5. The first kappa shape index (κ1) is 20.5. The predicted molar refractivity (Wildman–Crippen MR) is 126 cm³/mol. The van der Waals surface area contributed by atoms with Crippen LogP contribution >= 0.6 is 11.6 Å². The third-order valence-electron chi connectivity index (χ3n) is 5.90. The van der Waals surface area contributed by atoms with Crippen molar-refractivity contribution >= 4 is 28.7 Å². The number of aromatic amines is 1. The summed E-state index contributed by atoms with van der Waals surface area (Å²) in [6.07, 6.45) is 6.01. The van der Waals surface area contributed by atoms with Crippen LogP contribution in [0.15, 0.2) is 54.6 Å². The Kier molecular flexibility index (Phi) is 5.53. The number of H-pyrrole nitrogens is 1. The lowest BCUT2D eigenvalue weighted by atomic mass is 9.98. The minimum absolute atomic E-state index is 0.212. The first-order valence-corrected chi connectivity index (χ1v) is 11.2. The summed E-state index contributed by atoms with van der Waals surface area (Å²) in [5, 5.41) is 0.545. The molecule has 3 N–H and O–H groups in total. The van der Waals surface area contributed by atoms with E-state index in [9.17, 15) is 4.79 Å². The van der Waals surface area contributed by atoms with E-state index >= 15 is 0 Å². The number of benzene rings is 2. The van der Waals surface area contributed by atoms with Crippen LogP contribution < -0.4 is 10.5 Å². The largest absolute Gasteiger partial charge is 0.461 e. The average Bonchev–Trinajstić information content (AvgIpc) is 3.20. The van der Waals surface area contributed by atoms with E-state index in [1.807, 2.05) is 42.5 Å². The number of aromatic nitrogens is 3. The molecule has 1 fully saturated rings. The van der Waals surface area contributed by atoms with Crippen molar-refractivity contribution in [2.75, 3.05) is 0 Å². The molecular weight excluding hydrogens is 424 g/mol. The Bertz CT molecular complexity index is 1260. The second-order valence-corrected chi connectivity index (χ2v) is 8.54.